The predicted octanol–water partition coefficient (Wildman–Crippen LogP) is 0.171. The van der Waals surface area contributed by atoms with E-state index in [1.165, 1.54) is 0 Å². The standard InChI is InChI=1S/C7H12ClNO2/c1-9(2)4-6(5-10)7(11)3-8/h5-6H,3-4H2,1-2H3. The van der Waals surface area contributed by atoms with Gasteiger partial charge in [-0.05, 0) is 14.1 Å². The van der Waals surface area contributed by atoms with Gasteiger partial charge in [0.25, 0.3) is 0 Å². The summed E-state index contributed by atoms with van der Waals surface area (Å²) in [5, 5.41) is 0. The summed E-state index contributed by atoms with van der Waals surface area (Å²) in [6.07, 6.45) is 0.644. The Kier molecular flexibility index (Phi) is 5.07. The largest absolute Gasteiger partial charge is 0.308 e. The molecule has 0 rings (SSSR count). The minimum Gasteiger partial charge on any atom is -0.308 e. The number of ketones is 1. The molecule has 0 aliphatic carbocycles. The number of carbonyl (C=O) groups excluding carboxylic acids is 2. The fourth-order valence-electron chi connectivity index (χ4n) is 0.713. The van der Waals surface area contributed by atoms with Crippen LogP contribution >= 0.6 is 11.6 Å². The van der Waals surface area contributed by atoms with E-state index in [-0.39, 0.29) is 11.7 Å². The first-order chi connectivity index (χ1) is 5.11. The second kappa shape index (κ2) is 5.27. The summed E-state index contributed by atoms with van der Waals surface area (Å²) in [7, 11) is 3.61. The van der Waals surface area contributed by atoms with E-state index in [1.54, 1.807) is 19.0 Å². The van der Waals surface area contributed by atoms with Crippen molar-refractivity contribution >= 4 is 23.7 Å². The zero-order valence-corrected chi connectivity index (χ0v) is 7.47. The first kappa shape index (κ1) is 10.6. The molecule has 0 aromatic carbocycles. The molecule has 3 nitrogen and oxygen atoms in total. The fraction of sp³-hybridized carbons (Fsp3) is 0.714. The molecule has 64 valence electrons. The van der Waals surface area contributed by atoms with Crippen LogP contribution in [0.1, 0.15) is 0 Å². The van der Waals surface area contributed by atoms with Crippen LogP contribution in [0.2, 0.25) is 0 Å². The molecule has 0 saturated heterocycles. The Morgan fingerprint density at radius 2 is 2.18 bits per heavy atom. The van der Waals surface area contributed by atoms with E-state index in [2.05, 4.69) is 0 Å². The number of halogens is 1. The molecular weight excluding hydrogens is 166 g/mol. The Morgan fingerprint density at radius 1 is 1.64 bits per heavy atom. The van der Waals surface area contributed by atoms with Crippen LogP contribution in [0, 0.1) is 5.92 Å². The summed E-state index contributed by atoms with van der Waals surface area (Å²) in [6, 6.07) is 0. The Hall–Kier alpha value is -0.410. The van der Waals surface area contributed by atoms with Gasteiger partial charge < -0.3 is 9.69 Å². The lowest BCUT2D eigenvalue weighted by Gasteiger charge is -2.12. The maximum Gasteiger partial charge on any atom is 0.159 e. The minimum atomic E-state index is -0.567. The van der Waals surface area contributed by atoms with Crippen LogP contribution in [0.15, 0.2) is 0 Å². The summed E-state index contributed by atoms with van der Waals surface area (Å²) in [5.41, 5.74) is 0. The molecule has 4 heteroatoms. The van der Waals surface area contributed by atoms with Gasteiger partial charge in [0.1, 0.15) is 6.29 Å². The summed E-state index contributed by atoms with van der Waals surface area (Å²) >= 11 is 5.28. The highest BCUT2D eigenvalue weighted by atomic mass is 35.5. The topological polar surface area (TPSA) is 37.4 Å². The lowest BCUT2D eigenvalue weighted by molar-refractivity contribution is -0.126. The van der Waals surface area contributed by atoms with E-state index >= 15 is 0 Å². The van der Waals surface area contributed by atoms with Crippen molar-refractivity contribution in [1.82, 2.24) is 4.90 Å². The van der Waals surface area contributed by atoms with Gasteiger partial charge in [0.2, 0.25) is 0 Å². The Morgan fingerprint density at radius 3 is 2.45 bits per heavy atom. The monoisotopic (exact) mass is 177 g/mol. The highest BCUT2D eigenvalue weighted by molar-refractivity contribution is 6.29. The van der Waals surface area contributed by atoms with Gasteiger partial charge >= 0.3 is 0 Å². The Balaban J connectivity index is 3.95. The molecule has 0 aliphatic rings. The minimum absolute atomic E-state index is 0.0861. The van der Waals surface area contributed by atoms with Crippen molar-refractivity contribution in [3.63, 3.8) is 0 Å². The Bertz CT molecular complexity index is 147. The quantitative estimate of drug-likeness (QED) is 0.341. The van der Waals surface area contributed by atoms with Crippen molar-refractivity contribution in [2.24, 2.45) is 5.92 Å². The van der Waals surface area contributed by atoms with Gasteiger partial charge in [0.15, 0.2) is 5.78 Å². The van der Waals surface area contributed by atoms with Crippen molar-refractivity contribution < 1.29 is 9.59 Å². The average Bonchev–Trinajstić information content (AvgIpc) is 1.98. The molecule has 0 aromatic heterocycles. The molecule has 0 heterocycles. The van der Waals surface area contributed by atoms with E-state index in [9.17, 15) is 9.59 Å². The van der Waals surface area contributed by atoms with Gasteiger partial charge in [-0.2, -0.15) is 0 Å². The number of nitrogens with zero attached hydrogens (tertiary/aromatic N) is 1. The van der Waals surface area contributed by atoms with Gasteiger partial charge in [-0.15, -0.1) is 11.6 Å². The summed E-state index contributed by atoms with van der Waals surface area (Å²) in [4.78, 5) is 23.0. The number of rotatable bonds is 5. The second-order valence-electron chi connectivity index (χ2n) is 2.60. The van der Waals surface area contributed by atoms with Crippen molar-refractivity contribution in [2.45, 2.75) is 0 Å². The zero-order valence-electron chi connectivity index (χ0n) is 6.71. The van der Waals surface area contributed by atoms with Crippen LogP contribution in [0.4, 0.5) is 0 Å². The highest BCUT2D eigenvalue weighted by Crippen LogP contribution is 1.97. The van der Waals surface area contributed by atoms with Crippen LogP contribution in [-0.2, 0) is 9.59 Å². The normalized spacial score (nSPS) is 13.1. The number of aldehydes is 1. The van der Waals surface area contributed by atoms with Gasteiger partial charge in [-0.1, -0.05) is 0 Å². The van der Waals surface area contributed by atoms with Gasteiger partial charge in [0.05, 0.1) is 11.8 Å². The van der Waals surface area contributed by atoms with Crippen LogP contribution in [0.5, 0.6) is 0 Å². The van der Waals surface area contributed by atoms with Crippen LogP contribution in [-0.4, -0.2) is 43.5 Å². The highest BCUT2D eigenvalue weighted by Gasteiger charge is 2.16. The molecule has 0 bridgehead atoms. The number of Topliss-reactive ketones (excluding diaryl/α,β-unsaturated/α-hetero) is 1. The molecule has 0 radical (unpaired) electrons. The third-order valence-corrected chi connectivity index (χ3v) is 1.53. The molecule has 11 heavy (non-hydrogen) atoms. The lowest BCUT2D eigenvalue weighted by Crippen LogP contribution is -2.29. The zero-order chi connectivity index (χ0) is 8.85. The molecule has 0 saturated carbocycles. The SMILES string of the molecule is CN(C)CC(C=O)C(=O)CCl. The third-order valence-electron chi connectivity index (χ3n) is 1.27. The van der Waals surface area contributed by atoms with Crippen molar-refractivity contribution in [1.29, 1.82) is 0 Å². The number of carbonyl (C=O) groups is 2. The molecule has 1 unspecified atom stereocenters. The summed E-state index contributed by atoms with van der Waals surface area (Å²) in [6.45, 7) is 0.440. The van der Waals surface area contributed by atoms with E-state index in [0.29, 0.717) is 12.8 Å². The molecule has 0 N–H and O–H groups in total. The van der Waals surface area contributed by atoms with Crippen molar-refractivity contribution in [3.05, 3.63) is 0 Å². The number of hydrogen-bond donors (Lipinski definition) is 0. The predicted molar refractivity (Wildman–Crippen MR) is 43.8 cm³/mol. The molecule has 0 amide bonds. The number of hydrogen-bond acceptors (Lipinski definition) is 3. The van der Waals surface area contributed by atoms with Gasteiger partial charge in [-0.3, -0.25) is 4.79 Å². The molecule has 0 aromatic rings. The average molecular weight is 178 g/mol. The van der Waals surface area contributed by atoms with E-state index in [0.717, 1.165) is 0 Å². The molecule has 0 aliphatic heterocycles. The van der Waals surface area contributed by atoms with Gasteiger partial charge in [-0.25, -0.2) is 0 Å². The Labute approximate surface area is 71.3 Å². The summed E-state index contributed by atoms with van der Waals surface area (Å²) in [5.74, 6) is -0.866. The maximum atomic E-state index is 10.9. The summed E-state index contributed by atoms with van der Waals surface area (Å²) < 4.78 is 0. The van der Waals surface area contributed by atoms with E-state index < -0.39 is 5.92 Å². The van der Waals surface area contributed by atoms with Crippen molar-refractivity contribution in [2.75, 3.05) is 26.5 Å². The van der Waals surface area contributed by atoms with Crippen LogP contribution in [0.3, 0.4) is 0 Å². The van der Waals surface area contributed by atoms with E-state index in [1.807, 2.05) is 0 Å². The van der Waals surface area contributed by atoms with Crippen LogP contribution < -0.4 is 0 Å². The maximum absolute atomic E-state index is 10.9. The molecule has 0 spiro atoms. The molecule has 1 atom stereocenters. The van der Waals surface area contributed by atoms with Crippen molar-refractivity contribution in [3.8, 4) is 0 Å². The third kappa shape index (κ3) is 4.11. The fourth-order valence-corrected chi connectivity index (χ4v) is 0.911. The molecular formula is C7H12ClNO2. The lowest BCUT2D eigenvalue weighted by atomic mass is 10.1. The first-order valence-electron chi connectivity index (χ1n) is 3.30. The smallest absolute Gasteiger partial charge is 0.159 e. The second-order valence-corrected chi connectivity index (χ2v) is 2.87. The van der Waals surface area contributed by atoms with E-state index in [4.69, 9.17) is 11.6 Å². The number of alkyl halides is 1. The molecule has 0 fully saturated rings. The van der Waals surface area contributed by atoms with Crippen LogP contribution in [0.25, 0.3) is 0 Å². The van der Waals surface area contributed by atoms with Gasteiger partial charge in [0, 0.05) is 6.54 Å². The first-order valence-corrected chi connectivity index (χ1v) is 3.84.